The van der Waals surface area contributed by atoms with Gasteiger partial charge in [-0.1, -0.05) is 28.9 Å². The van der Waals surface area contributed by atoms with E-state index in [4.69, 9.17) is 0 Å². The summed E-state index contributed by atoms with van der Waals surface area (Å²) >= 11 is 0. The van der Waals surface area contributed by atoms with Crippen LogP contribution in [0, 0.1) is 13.8 Å². The van der Waals surface area contributed by atoms with E-state index in [0.717, 1.165) is 20.7 Å². The van der Waals surface area contributed by atoms with Crippen LogP contribution in [0.3, 0.4) is 0 Å². The number of alkyl halides is 12. The molecule has 0 aliphatic heterocycles. The predicted molar refractivity (Wildman–Crippen MR) is 93.3 cm³/mol. The lowest BCUT2D eigenvalue weighted by Gasteiger charge is -2.26. The maximum absolute atomic E-state index is 13.6. The van der Waals surface area contributed by atoms with E-state index < -0.39 is 75.7 Å². The highest BCUT2D eigenvalue weighted by Crippen LogP contribution is 2.38. The van der Waals surface area contributed by atoms with Crippen molar-refractivity contribution in [2.45, 2.75) is 45.4 Å². The first-order valence-electron chi connectivity index (χ1n) is 8.73. The van der Waals surface area contributed by atoms with Gasteiger partial charge < -0.3 is 0 Å². The molecule has 0 aliphatic rings. The summed E-state index contributed by atoms with van der Waals surface area (Å²) in [5.74, 6) is 0. The molecular weight excluding hydrogens is 467 g/mol. The van der Waals surface area contributed by atoms with Crippen LogP contribution >= 0.6 is 0 Å². The summed E-state index contributed by atoms with van der Waals surface area (Å²) in [5, 5.41) is 0. The highest BCUT2D eigenvalue weighted by Gasteiger charge is 2.44. The van der Waals surface area contributed by atoms with Gasteiger partial charge in [-0.25, -0.2) is 0 Å². The molecule has 13 heteroatoms. The Balaban J connectivity index is 2.90. The van der Waals surface area contributed by atoms with Gasteiger partial charge in [0.1, 0.15) is 0 Å². The van der Waals surface area contributed by atoms with Crippen LogP contribution in [0.25, 0.3) is 0 Å². The summed E-state index contributed by atoms with van der Waals surface area (Å²) in [4.78, 5) is 0. The molecule has 0 aliphatic carbocycles. The van der Waals surface area contributed by atoms with Crippen LogP contribution in [-0.4, -0.2) is 6.71 Å². The minimum atomic E-state index is -5.37. The summed E-state index contributed by atoms with van der Waals surface area (Å²) < 4.78 is 160. The van der Waals surface area contributed by atoms with E-state index >= 15 is 0 Å². The molecule has 32 heavy (non-hydrogen) atoms. The summed E-state index contributed by atoms with van der Waals surface area (Å²) in [7, 11) is 0. The zero-order chi connectivity index (χ0) is 25.0. The lowest BCUT2D eigenvalue weighted by Crippen LogP contribution is -2.48. The second-order valence-corrected chi connectivity index (χ2v) is 7.22. The molecule has 0 nitrogen and oxygen atoms in total. The zero-order valence-corrected chi connectivity index (χ0v) is 16.4. The van der Waals surface area contributed by atoms with Crippen molar-refractivity contribution in [2.24, 2.45) is 0 Å². The first-order chi connectivity index (χ1) is 14.2. The van der Waals surface area contributed by atoms with Crippen LogP contribution in [0.1, 0.15) is 33.4 Å². The molecule has 0 N–H and O–H groups in total. The van der Waals surface area contributed by atoms with E-state index in [1.807, 2.05) is 0 Å². The Bertz CT molecular complexity index is 928. The highest BCUT2D eigenvalue weighted by atomic mass is 19.4. The number of aryl methyl sites for hydroxylation is 2. The second kappa shape index (κ2) is 7.91. The van der Waals surface area contributed by atoms with Crippen molar-refractivity contribution in [3.05, 3.63) is 57.6 Å². The van der Waals surface area contributed by atoms with Crippen LogP contribution in [0.5, 0.6) is 0 Å². The highest BCUT2D eigenvalue weighted by molar-refractivity contribution is 6.85. The monoisotopic (exact) mass is 480 g/mol. The molecule has 0 saturated heterocycles. The molecule has 0 spiro atoms. The molecule has 0 saturated carbocycles. The van der Waals surface area contributed by atoms with Gasteiger partial charge in [-0.3, -0.25) is 0 Å². The third-order valence-electron chi connectivity index (χ3n) is 4.91. The fourth-order valence-corrected chi connectivity index (χ4v) is 3.69. The SMILES string of the molecule is CB(c1c(C)cc(C(F)(F)F)cc1C(F)(F)F)c1c(C)cc(C(F)(F)F)cc1C(F)(F)F. The van der Waals surface area contributed by atoms with Gasteiger partial charge in [-0.15, -0.1) is 0 Å². The first-order valence-corrected chi connectivity index (χ1v) is 8.73. The lowest BCUT2D eigenvalue weighted by atomic mass is 9.39. The van der Waals surface area contributed by atoms with Gasteiger partial charge in [-0.05, 0) is 38.1 Å². The molecule has 2 aromatic carbocycles. The molecule has 0 amide bonds. The molecule has 0 aromatic heterocycles. The summed E-state index contributed by atoms with van der Waals surface area (Å²) in [5.41, 5.74) is -9.93. The number of hydrogen-bond donors (Lipinski definition) is 0. The molecule has 2 aromatic rings. The molecule has 2 rings (SSSR count). The van der Waals surface area contributed by atoms with Crippen LogP contribution in [-0.2, 0) is 24.7 Å². The first kappa shape index (κ1) is 25.9. The van der Waals surface area contributed by atoms with Crippen molar-refractivity contribution in [3.8, 4) is 0 Å². The fraction of sp³-hybridized carbons (Fsp3) is 0.368. The van der Waals surface area contributed by atoms with Gasteiger partial charge in [0.05, 0.1) is 22.3 Å². The van der Waals surface area contributed by atoms with Crippen molar-refractivity contribution >= 4 is 17.6 Å². The molecule has 0 bridgehead atoms. The van der Waals surface area contributed by atoms with E-state index in [1.165, 1.54) is 0 Å². The van der Waals surface area contributed by atoms with Crippen molar-refractivity contribution in [2.75, 3.05) is 0 Å². The van der Waals surface area contributed by atoms with Gasteiger partial charge in [0, 0.05) is 0 Å². The third kappa shape index (κ3) is 5.17. The maximum Gasteiger partial charge on any atom is 0.416 e. The van der Waals surface area contributed by atoms with Crippen molar-refractivity contribution < 1.29 is 52.7 Å². The average Bonchev–Trinajstić information content (AvgIpc) is 2.56. The third-order valence-corrected chi connectivity index (χ3v) is 4.91. The predicted octanol–water partition coefficient (Wildman–Crippen LogP) is 6.62. The molecule has 0 unspecified atom stereocenters. The molecule has 0 fully saturated rings. The Labute approximate surface area is 174 Å². The molecule has 0 radical (unpaired) electrons. The number of halogens is 12. The lowest BCUT2D eigenvalue weighted by molar-refractivity contribution is -0.144. The van der Waals surface area contributed by atoms with E-state index in [2.05, 4.69) is 0 Å². The maximum atomic E-state index is 13.6. The van der Waals surface area contributed by atoms with Gasteiger partial charge >= 0.3 is 24.7 Å². The van der Waals surface area contributed by atoms with Crippen LogP contribution in [0.2, 0.25) is 6.82 Å². The largest absolute Gasteiger partial charge is 0.416 e. The van der Waals surface area contributed by atoms with E-state index in [-0.39, 0.29) is 12.1 Å². The smallest absolute Gasteiger partial charge is 0.166 e. The normalized spacial score (nSPS) is 13.5. The number of hydrogen-bond acceptors (Lipinski definition) is 0. The molecule has 0 atom stereocenters. The quantitative estimate of drug-likeness (QED) is 0.335. The minimum absolute atomic E-state index is 0.217. The van der Waals surface area contributed by atoms with Crippen molar-refractivity contribution in [3.63, 3.8) is 0 Å². The van der Waals surface area contributed by atoms with Crippen molar-refractivity contribution in [1.82, 2.24) is 0 Å². The van der Waals surface area contributed by atoms with Gasteiger partial charge in [-0.2, -0.15) is 52.7 Å². The van der Waals surface area contributed by atoms with Gasteiger partial charge in [0.15, 0.2) is 0 Å². The van der Waals surface area contributed by atoms with E-state index in [9.17, 15) is 52.7 Å². The van der Waals surface area contributed by atoms with Crippen LogP contribution in [0.15, 0.2) is 24.3 Å². The summed E-state index contributed by atoms with van der Waals surface area (Å²) in [6.45, 7) is 0.773. The Morgan fingerprint density at radius 1 is 0.500 bits per heavy atom. The molecule has 0 heterocycles. The topological polar surface area (TPSA) is 0 Å². The Morgan fingerprint density at radius 3 is 1.00 bits per heavy atom. The molecule has 176 valence electrons. The van der Waals surface area contributed by atoms with Gasteiger partial charge in [0.2, 0.25) is 6.71 Å². The standard InChI is InChI=1S/C19H13BF12/c1-8-4-10(16(21,22)23)6-12(18(27,28)29)14(8)20(3)15-9(2)5-11(17(24,25)26)7-13(15)19(30,31)32/h4-7H,1-3H3. The van der Waals surface area contributed by atoms with E-state index in [1.54, 1.807) is 0 Å². The van der Waals surface area contributed by atoms with Crippen molar-refractivity contribution in [1.29, 1.82) is 0 Å². The Kier molecular flexibility index (Phi) is 6.41. The Hall–Kier alpha value is -2.34. The van der Waals surface area contributed by atoms with Crippen LogP contribution < -0.4 is 10.9 Å². The average molecular weight is 480 g/mol. The summed E-state index contributed by atoms with van der Waals surface area (Å²) in [6.07, 6.45) is -21.1. The Morgan fingerprint density at radius 2 is 0.781 bits per heavy atom. The zero-order valence-electron chi connectivity index (χ0n) is 16.4. The van der Waals surface area contributed by atoms with E-state index in [0.29, 0.717) is 12.1 Å². The number of benzene rings is 2. The van der Waals surface area contributed by atoms with Crippen LogP contribution in [0.4, 0.5) is 52.7 Å². The second-order valence-electron chi connectivity index (χ2n) is 7.22. The summed E-state index contributed by atoms with van der Waals surface area (Å²) in [6, 6.07) is 0.276. The van der Waals surface area contributed by atoms with Gasteiger partial charge in [0.25, 0.3) is 0 Å². The molecular formula is C19H13BF12. The minimum Gasteiger partial charge on any atom is -0.166 e. The number of rotatable bonds is 2. The fourth-order valence-electron chi connectivity index (χ4n) is 3.69.